The largest absolute Gasteiger partial charge is 0.456 e. The lowest BCUT2D eigenvalue weighted by Crippen LogP contribution is -2.00. The molecule has 266 valence electrons. The third-order valence-electron chi connectivity index (χ3n) is 11.2. The Kier molecular flexibility index (Phi) is 6.83. The van der Waals surface area contributed by atoms with Crippen LogP contribution in [-0.4, -0.2) is 24.1 Å². The first-order valence-electron chi connectivity index (χ1n) is 19.1. The topological polar surface area (TPSA) is 61.7 Å². The van der Waals surface area contributed by atoms with Crippen molar-refractivity contribution in [3.8, 4) is 45.5 Å². The highest BCUT2D eigenvalue weighted by atomic mass is 16.3. The quantitative estimate of drug-likeness (QED) is 0.177. The normalized spacial score (nSPS) is 11.9. The van der Waals surface area contributed by atoms with E-state index in [-0.39, 0.29) is 0 Å². The monoisotopic (exact) mass is 729 g/mol. The smallest absolute Gasteiger partial charge is 0.164 e. The highest BCUT2D eigenvalue weighted by Gasteiger charge is 2.22. The van der Waals surface area contributed by atoms with Gasteiger partial charge in [0.25, 0.3) is 0 Å². The lowest BCUT2D eigenvalue weighted by Gasteiger charge is -2.11. The van der Waals surface area contributed by atoms with Crippen LogP contribution in [-0.2, 0) is 0 Å². The number of fused-ring (bicyclic) bond motifs is 10. The summed E-state index contributed by atoms with van der Waals surface area (Å²) in [5.74, 6) is 1.90. The lowest BCUT2D eigenvalue weighted by atomic mass is 10.0. The molecule has 12 aromatic rings. The average Bonchev–Trinajstić information content (AvgIpc) is 3.93. The van der Waals surface area contributed by atoms with Gasteiger partial charge in [0.1, 0.15) is 11.2 Å². The summed E-state index contributed by atoms with van der Waals surface area (Å²) in [7, 11) is 0. The van der Waals surface area contributed by atoms with E-state index >= 15 is 0 Å². The third-order valence-corrected chi connectivity index (χ3v) is 11.2. The van der Waals surface area contributed by atoms with Gasteiger partial charge in [-0.1, -0.05) is 115 Å². The Morgan fingerprint density at radius 3 is 1.46 bits per heavy atom. The van der Waals surface area contributed by atoms with E-state index in [1.165, 1.54) is 32.6 Å². The molecule has 0 N–H and O–H groups in total. The SMILES string of the molecule is c1ccc(-c2nc(-c3ccccc3)nc(-c3ccc(-n4c5cc6oc7ccccc7c6cc5c5c6c7ccccc7n(-c7ccccc7)c6ccc54)cc3)n2)cc1. The highest BCUT2D eigenvalue weighted by Crippen LogP contribution is 2.44. The van der Waals surface area contributed by atoms with Crippen molar-refractivity contribution in [2.45, 2.75) is 0 Å². The first-order chi connectivity index (χ1) is 28.3. The van der Waals surface area contributed by atoms with E-state index in [2.05, 4.69) is 124 Å². The van der Waals surface area contributed by atoms with Crippen molar-refractivity contribution in [1.29, 1.82) is 0 Å². The van der Waals surface area contributed by atoms with Crippen molar-refractivity contribution in [1.82, 2.24) is 24.1 Å². The van der Waals surface area contributed by atoms with E-state index in [9.17, 15) is 0 Å². The second-order valence-corrected chi connectivity index (χ2v) is 14.4. The Hall–Kier alpha value is -7.83. The zero-order valence-corrected chi connectivity index (χ0v) is 30.5. The van der Waals surface area contributed by atoms with E-state index in [1.54, 1.807) is 0 Å². The predicted octanol–water partition coefficient (Wildman–Crippen LogP) is 13.0. The lowest BCUT2D eigenvalue weighted by molar-refractivity contribution is 0.669. The number of rotatable bonds is 5. The number of benzene rings is 8. The molecule has 0 aliphatic carbocycles. The molecule has 12 rings (SSSR count). The Morgan fingerprint density at radius 2 is 0.807 bits per heavy atom. The van der Waals surface area contributed by atoms with Crippen LogP contribution < -0.4 is 0 Å². The Labute approximate surface area is 326 Å². The van der Waals surface area contributed by atoms with Gasteiger partial charge in [-0.25, -0.2) is 15.0 Å². The van der Waals surface area contributed by atoms with Crippen molar-refractivity contribution in [3.63, 3.8) is 0 Å². The van der Waals surface area contributed by atoms with Crippen LogP contribution in [0.25, 0.3) is 111 Å². The molecule has 0 atom stereocenters. The molecule has 0 spiro atoms. The van der Waals surface area contributed by atoms with Crippen molar-refractivity contribution < 1.29 is 4.42 Å². The molecule has 6 heteroatoms. The molecule has 6 nitrogen and oxygen atoms in total. The fraction of sp³-hybridized carbons (Fsp3) is 0. The molecule has 0 unspecified atom stereocenters. The average molecular weight is 730 g/mol. The molecule has 0 aliphatic rings. The maximum absolute atomic E-state index is 6.50. The maximum atomic E-state index is 6.50. The second-order valence-electron chi connectivity index (χ2n) is 14.4. The zero-order valence-electron chi connectivity index (χ0n) is 30.5. The molecular weight excluding hydrogens is 699 g/mol. The number of furan rings is 1. The molecule has 0 fully saturated rings. The molecule has 0 radical (unpaired) electrons. The van der Waals surface area contributed by atoms with Gasteiger partial charge in [-0.15, -0.1) is 0 Å². The standard InChI is InChI=1S/C51H31N5O/c1-4-14-32(15-5-1)49-52-50(33-16-6-2-7-17-33)54-51(53-49)34-24-26-36(27-25-34)56-43-29-28-42-47(38-21-10-12-22-41(38)55(42)35-18-8-3-9-19-35)48(43)40-30-39-37-20-11-13-23-45(37)57-46(39)31-44(40)56/h1-31H. The molecule has 0 bridgehead atoms. The minimum absolute atomic E-state index is 0.621. The van der Waals surface area contributed by atoms with Gasteiger partial charge in [-0.3, -0.25) is 0 Å². The molecule has 0 amide bonds. The van der Waals surface area contributed by atoms with Crippen molar-refractivity contribution in [2.75, 3.05) is 0 Å². The highest BCUT2D eigenvalue weighted by molar-refractivity contribution is 6.30. The fourth-order valence-corrected chi connectivity index (χ4v) is 8.61. The van der Waals surface area contributed by atoms with Gasteiger partial charge >= 0.3 is 0 Å². The Morgan fingerprint density at radius 1 is 0.316 bits per heavy atom. The minimum Gasteiger partial charge on any atom is -0.456 e. The number of hydrogen-bond acceptors (Lipinski definition) is 4. The first kappa shape index (κ1) is 31.5. The Balaban J connectivity index is 1.11. The Bertz CT molecular complexity index is 3430. The molecule has 0 saturated carbocycles. The number of nitrogens with zero attached hydrogens (tertiary/aromatic N) is 5. The summed E-state index contributed by atoms with van der Waals surface area (Å²) in [6.45, 7) is 0. The zero-order chi connectivity index (χ0) is 37.5. The van der Waals surface area contributed by atoms with Gasteiger partial charge in [-0.2, -0.15) is 0 Å². The summed E-state index contributed by atoms with van der Waals surface area (Å²) >= 11 is 0. The van der Waals surface area contributed by atoms with Crippen LogP contribution >= 0.6 is 0 Å². The summed E-state index contributed by atoms with van der Waals surface area (Å²) in [6, 6.07) is 65.5. The fourth-order valence-electron chi connectivity index (χ4n) is 8.61. The molecular formula is C51H31N5O. The van der Waals surface area contributed by atoms with E-state index in [0.29, 0.717) is 17.5 Å². The number of para-hydroxylation sites is 3. The summed E-state index contributed by atoms with van der Waals surface area (Å²) in [5, 5.41) is 7.04. The summed E-state index contributed by atoms with van der Waals surface area (Å²) in [6.07, 6.45) is 0. The minimum atomic E-state index is 0.621. The van der Waals surface area contributed by atoms with Crippen LogP contribution in [0.15, 0.2) is 192 Å². The maximum Gasteiger partial charge on any atom is 0.164 e. The summed E-state index contributed by atoms with van der Waals surface area (Å²) in [4.78, 5) is 14.9. The molecule has 0 aliphatic heterocycles. The van der Waals surface area contributed by atoms with Gasteiger partial charge < -0.3 is 13.6 Å². The summed E-state index contributed by atoms with van der Waals surface area (Å²) < 4.78 is 11.3. The van der Waals surface area contributed by atoms with Gasteiger partial charge in [0.05, 0.1) is 22.1 Å². The molecule has 8 aromatic carbocycles. The van der Waals surface area contributed by atoms with E-state index in [0.717, 1.165) is 61.0 Å². The van der Waals surface area contributed by atoms with E-state index < -0.39 is 0 Å². The van der Waals surface area contributed by atoms with Crippen molar-refractivity contribution >= 4 is 65.6 Å². The van der Waals surface area contributed by atoms with E-state index in [4.69, 9.17) is 19.4 Å². The number of hydrogen-bond donors (Lipinski definition) is 0. The van der Waals surface area contributed by atoms with Crippen LogP contribution in [0.2, 0.25) is 0 Å². The van der Waals surface area contributed by atoms with Gasteiger partial charge in [0.15, 0.2) is 17.5 Å². The van der Waals surface area contributed by atoms with Crippen LogP contribution in [0.3, 0.4) is 0 Å². The summed E-state index contributed by atoms with van der Waals surface area (Å²) in [5.41, 5.74) is 11.2. The molecule has 57 heavy (non-hydrogen) atoms. The van der Waals surface area contributed by atoms with E-state index in [1.807, 2.05) is 72.8 Å². The molecule has 4 heterocycles. The van der Waals surface area contributed by atoms with Crippen molar-refractivity contribution in [2.24, 2.45) is 0 Å². The molecule has 4 aromatic heterocycles. The first-order valence-corrected chi connectivity index (χ1v) is 19.1. The van der Waals surface area contributed by atoms with Gasteiger partial charge in [-0.05, 0) is 66.7 Å². The van der Waals surface area contributed by atoms with Crippen molar-refractivity contribution in [3.05, 3.63) is 188 Å². The van der Waals surface area contributed by atoms with Crippen LogP contribution in [0.4, 0.5) is 0 Å². The van der Waals surface area contributed by atoms with Crippen LogP contribution in [0.1, 0.15) is 0 Å². The van der Waals surface area contributed by atoms with Crippen LogP contribution in [0, 0.1) is 0 Å². The third kappa shape index (κ3) is 4.87. The van der Waals surface area contributed by atoms with Gasteiger partial charge in [0, 0.05) is 66.4 Å². The van der Waals surface area contributed by atoms with Gasteiger partial charge in [0.2, 0.25) is 0 Å². The second kappa shape index (κ2) is 12.3. The number of aromatic nitrogens is 5. The predicted molar refractivity (Wildman–Crippen MR) is 232 cm³/mol. The van der Waals surface area contributed by atoms with Crippen LogP contribution in [0.5, 0.6) is 0 Å². The molecule has 0 saturated heterocycles.